The summed E-state index contributed by atoms with van der Waals surface area (Å²) < 4.78 is 1.96. The molecule has 1 N–H and O–H groups in total. The number of benzene rings is 2. The summed E-state index contributed by atoms with van der Waals surface area (Å²) >= 11 is 11.9. The zero-order valence-corrected chi connectivity index (χ0v) is 11.9. The van der Waals surface area contributed by atoms with Crippen molar-refractivity contribution < 1.29 is 0 Å². The Morgan fingerprint density at radius 1 is 0.950 bits per heavy atom. The molecule has 0 aliphatic rings. The number of anilines is 2. The van der Waals surface area contributed by atoms with Crippen molar-refractivity contribution in [2.75, 3.05) is 5.32 Å². The molecule has 3 aromatic rings. The van der Waals surface area contributed by atoms with Crippen molar-refractivity contribution in [3.8, 4) is 5.69 Å². The van der Waals surface area contributed by atoms with Crippen LogP contribution in [0.25, 0.3) is 5.69 Å². The van der Waals surface area contributed by atoms with Crippen molar-refractivity contribution in [2.24, 2.45) is 0 Å². The second kappa shape index (κ2) is 5.57. The topological polar surface area (TPSA) is 29.9 Å². The lowest BCUT2D eigenvalue weighted by atomic mass is 10.3. The van der Waals surface area contributed by atoms with Crippen molar-refractivity contribution in [2.45, 2.75) is 0 Å². The van der Waals surface area contributed by atoms with Crippen LogP contribution < -0.4 is 5.32 Å². The zero-order chi connectivity index (χ0) is 13.9. The van der Waals surface area contributed by atoms with Gasteiger partial charge in [0.1, 0.15) is 0 Å². The molecular weight excluding hydrogens is 293 g/mol. The third-order valence-corrected chi connectivity index (χ3v) is 3.59. The van der Waals surface area contributed by atoms with Crippen LogP contribution in [0, 0.1) is 0 Å². The van der Waals surface area contributed by atoms with Crippen LogP contribution in [0.15, 0.2) is 60.9 Å². The molecule has 0 atom stereocenters. The largest absolute Gasteiger partial charge is 0.325 e. The third-order valence-electron chi connectivity index (χ3n) is 2.85. The molecule has 0 unspecified atom stereocenters. The first-order chi connectivity index (χ1) is 9.74. The molecule has 0 aliphatic carbocycles. The molecule has 0 fully saturated rings. The van der Waals surface area contributed by atoms with E-state index in [1.165, 1.54) is 0 Å². The van der Waals surface area contributed by atoms with Gasteiger partial charge in [-0.2, -0.15) is 0 Å². The number of imidazole rings is 1. The second-order valence-electron chi connectivity index (χ2n) is 4.21. The van der Waals surface area contributed by atoms with Gasteiger partial charge in [0, 0.05) is 23.8 Å². The van der Waals surface area contributed by atoms with Crippen LogP contribution in [0.2, 0.25) is 10.0 Å². The Labute approximate surface area is 126 Å². The summed E-state index contributed by atoms with van der Waals surface area (Å²) in [5.41, 5.74) is 1.87. The molecule has 100 valence electrons. The van der Waals surface area contributed by atoms with E-state index in [-0.39, 0.29) is 0 Å². The number of nitrogens with zero attached hydrogens (tertiary/aromatic N) is 2. The highest BCUT2D eigenvalue weighted by Crippen LogP contribution is 2.27. The lowest BCUT2D eigenvalue weighted by Gasteiger charge is -2.10. The number of rotatable bonds is 3. The van der Waals surface area contributed by atoms with E-state index in [9.17, 15) is 0 Å². The fraction of sp³-hybridized carbons (Fsp3) is 0. The molecule has 0 spiro atoms. The van der Waals surface area contributed by atoms with Gasteiger partial charge in [0.25, 0.3) is 0 Å². The summed E-state index contributed by atoms with van der Waals surface area (Å²) in [4.78, 5) is 4.32. The normalized spacial score (nSPS) is 10.5. The highest BCUT2D eigenvalue weighted by Gasteiger charge is 2.06. The van der Waals surface area contributed by atoms with Crippen LogP contribution in [0.5, 0.6) is 0 Å². The van der Waals surface area contributed by atoms with Gasteiger partial charge in [-0.25, -0.2) is 4.98 Å². The third kappa shape index (κ3) is 2.64. The van der Waals surface area contributed by atoms with E-state index in [0.29, 0.717) is 10.0 Å². The van der Waals surface area contributed by atoms with Gasteiger partial charge in [-0.15, -0.1) is 0 Å². The molecule has 0 radical (unpaired) electrons. The van der Waals surface area contributed by atoms with E-state index < -0.39 is 0 Å². The van der Waals surface area contributed by atoms with E-state index in [1.807, 2.05) is 47.2 Å². The van der Waals surface area contributed by atoms with Gasteiger partial charge in [0.2, 0.25) is 5.95 Å². The number of nitrogens with one attached hydrogen (secondary N) is 1. The minimum absolute atomic E-state index is 0.509. The van der Waals surface area contributed by atoms with Crippen LogP contribution >= 0.6 is 23.2 Å². The Kier molecular flexibility index (Phi) is 3.63. The standard InChI is InChI=1S/C15H11Cl2N3/c16-13-7-6-11(10-14(13)17)19-15-18-8-9-20(15)12-4-2-1-3-5-12/h1-10H,(H,18,19). The van der Waals surface area contributed by atoms with Gasteiger partial charge in [0.15, 0.2) is 0 Å². The maximum Gasteiger partial charge on any atom is 0.212 e. The number of hydrogen-bond acceptors (Lipinski definition) is 2. The number of hydrogen-bond donors (Lipinski definition) is 1. The minimum atomic E-state index is 0.509. The zero-order valence-electron chi connectivity index (χ0n) is 10.4. The summed E-state index contributed by atoms with van der Waals surface area (Å²) in [5, 5.41) is 4.27. The second-order valence-corrected chi connectivity index (χ2v) is 5.02. The fourth-order valence-corrected chi connectivity index (χ4v) is 2.19. The Bertz CT molecular complexity index is 723. The van der Waals surface area contributed by atoms with Crippen LogP contribution in [-0.2, 0) is 0 Å². The van der Waals surface area contributed by atoms with Gasteiger partial charge < -0.3 is 5.32 Å². The first kappa shape index (κ1) is 13.0. The minimum Gasteiger partial charge on any atom is -0.325 e. The molecule has 20 heavy (non-hydrogen) atoms. The predicted molar refractivity (Wildman–Crippen MR) is 83.3 cm³/mol. The maximum atomic E-state index is 6.01. The molecule has 0 amide bonds. The van der Waals surface area contributed by atoms with Crippen molar-refractivity contribution in [3.63, 3.8) is 0 Å². The van der Waals surface area contributed by atoms with Crippen molar-refractivity contribution in [1.82, 2.24) is 9.55 Å². The van der Waals surface area contributed by atoms with Crippen LogP contribution in [0.4, 0.5) is 11.6 Å². The Morgan fingerprint density at radius 2 is 1.75 bits per heavy atom. The maximum absolute atomic E-state index is 6.01. The summed E-state index contributed by atoms with van der Waals surface area (Å²) in [7, 11) is 0. The van der Waals surface area contributed by atoms with Gasteiger partial charge in [-0.3, -0.25) is 4.57 Å². The van der Waals surface area contributed by atoms with Gasteiger partial charge >= 0.3 is 0 Å². The van der Waals surface area contributed by atoms with Crippen molar-refractivity contribution >= 4 is 34.8 Å². The lowest BCUT2D eigenvalue weighted by Crippen LogP contribution is -2.00. The van der Waals surface area contributed by atoms with E-state index in [1.54, 1.807) is 18.3 Å². The van der Waals surface area contributed by atoms with Gasteiger partial charge in [-0.1, -0.05) is 41.4 Å². The van der Waals surface area contributed by atoms with Crippen LogP contribution in [0.3, 0.4) is 0 Å². The summed E-state index contributed by atoms with van der Waals surface area (Å²) in [5.74, 6) is 0.717. The lowest BCUT2D eigenvalue weighted by molar-refractivity contribution is 1.06. The molecular formula is C15H11Cl2N3. The van der Waals surface area contributed by atoms with Crippen LogP contribution in [-0.4, -0.2) is 9.55 Å². The Morgan fingerprint density at radius 3 is 2.50 bits per heavy atom. The molecule has 5 heteroatoms. The summed E-state index contributed by atoms with van der Waals surface area (Å²) in [6.07, 6.45) is 3.64. The molecule has 1 aromatic heterocycles. The highest BCUT2D eigenvalue weighted by atomic mass is 35.5. The molecule has 0 saturated carbocycles. The van der Waals surface area contributed by atoms with E-state index >= 15 is 0 Å². The molecule has 0 saturated heterocycles. The smallest absolute Gasteiger partial charge is 0.212 e. The quantitative estimate of drug-likeness (QED) is 0.744. The predicted octanol–water partition coefficient (Wildman–Crippen LogP) is 4.92. The van der Waals surface area contributed by atoms with Crippen molar-refractivity contribution in [3.05, 3.63) is 71.0 Å². The number of halogens is 2. The molecule has 0 bridgehead atoms. The van der Waals surface area contributed by atoms with Crippen LogP contribution in [0.1, 0.15) is 0 Å². The Hall–Kier alpha value is -1.97. The molecule has 2 aromatic carbocycles. The fourth-order valence-electron chi connectivity index (χ4n) is 1.90. The monoisotopic (exact) mass is 303 g/mol. The van der Waals surface area contributed by atoms with Gasteiger partial charge in [-0.05, 0) is 30.3 Å². The molecule has 3 rings (SSSR count). The first-order valence-electron chi connectivity index (χ1n) is 6.05. The van der Waals surface area contributed by atoms with Gasteiger partial charge in [0.05, 0.1) is 10.0 Å². The SMILES string of the molecule is Clc1ccc(Nc2nccn2-c2ccccc2)cc1Cl. The average Bonchev–Trinajstić information content (AvgIpc) is 2.92. The summed E-state index contributed by atoms with van der Waals surface area (Å²) in [6, 6.07) is 15.4. The summed E-state index contributed by atoms with van der Waals surface area (Å²) in [6.45, 7) is 0. The van der Waals surface area contributed by atoms with E-state index in [4.69, 9.17) is 23.2 Å². The number of para-hydroxylation sites is 1. The Balaban J connectivity index is 1.92. The van der Waals surface area contributed by atoms with Crippen molar-refractivity contribution in [1.29, 1.82) is 0 Å². The molecule has 0 aliphatic heterocycles. The molecule has 1 heterocycles. The number of aromatic nitrogens is 2. The average molecular weight is 304 g/mol. The highest BCUT2D eigenvalue weighted by molar-refractivity contribution is 6.42. The van der Waals surface area contributed by atoms with E-state index in [0.717, 1.165) is 17.3 Å². The van der Waals surface area contributed by atoms with E-state index in [2.05, 4.69) is 10.3 Å². The molecule has 3 nitrogen and oxygen atoms in total. The first-order valence-corrected chi connectivity index (χ1v) is 6.80.